The normalized spacial score (nSPS) is 11.7. The van der Waals surface area contributed by atoms with Crippen molar-refractivity contribution in [1.29, 1.82) is 0 Å². The van der Waals surface area contributed by atoms with E-state index in [1.54, 1.807) is 31.2 Å². The van der Waals surface area contributed by atoms with Gasteiger partial charge in [0.2, 0.25) is 0 Å². The summed E-state index contributed by atoms with van der Waals surface area (Å²) in [5.41, 5.74) is 2.95. The average Bonchev–Trinajstić information content (AvgIpc) is 2.83. The Morgan fingerprint density at radius 1 is 0.912 bits per heavy atom. The Morgan fingerprint density at radius 2 is 1.65 bits per heavy atom. The largest absolute Gasteiger partial charge is 0.508 e. The van der Waals surface area contributed by atoms with Crippen LogP contribution < -0.4 is 10.1 Å². The predicted octanol–water partition coefficient (Wildman–Crippen LogP) is 4.86. The number of phenols is 1. The Bertz CT molecular complexity index is 1330. The first-order valence-corrected chi connectivity index (χ1v) is 10.9. The van der Waals surface area contributed by atoms with Crippen LogP contribution in [0.25, 0.3) is 10.8 Å². The van der Waals surface area contributed by atoms with Crippen LogP contribution in [-0.2, 0) is 17.8 Å². The number of phenolic OH excluding ortho intramolecular Hbond substituents is 1. The molecule has 172 valence electrons. The molecule has 0 aliphatic heterocycles. The standard InChI is InChI=1S/C28H25NO5/c1-18-13-24(30)11-9-20(18)16-26(28(32)33)29-27(31)23-8-7-22-15-25(12-10-21(22)14-23)34-17-19-5-3-2-4-6-19/h2-15,26,30H,16-17H2,1H3,(H,29,31)(H,32,33)/t26-/m0/s1. The molecule has 0 unspecified atom stereocenters. The number of aryl methyl sites for hydroxylation is 1. The van der Waals surface area contributed by atoms with Crippen molar-refractivity contribution in [1.82, 2.24) is 5.32 Å². The molecule has 0 spiro atoms. The number of rotatable bonds is 8. The minimum Gasteiger partial charge on any atom is -0.508 e. The third kappa shape index (κ3) is 5.53. The number of benzene rings is 4. The first-order valence-electron chi connectivity index (χ1n) is 10.9. The van der Waals surface area contributed by atoms with E-state index in [1.165, 1.54) is 6.07 Å². The molecule has 0 saturated carbocycles. The minimum absolute atomic E-state index is 0.113. The van der Waals surface area contributed by atoms with E-state index in [0.29, 0.717) is 12.2 Å². The van der Waals surface area contributed by atoms with Crippen molar-refractivity contribution in [3.05, 3.63) is 107 Å². The third-order valence-electron chi connectivity index (χ3n) is 5.68. The van der Waals surface area contributed by atoms with Gasteiger partial charge in [-0.15, -0.1) is 0 Å². The van der Waals surface area contributed by atoms with E-state index in [-0.39, 0.29) is 12.2 Å². The molecule has 1 amide bonds. The maximum atomic E-state index is 12.8. The van der Waals surface area contributed by atoms with Crippen molar-refractivity contribution in [3.63, 3.8) is 0 Å². The van der Waals surface area contributed by atoms with E-state index < -0.39 is 17.9 Å². The summed E-state index contributed by atoms with van der Waals surface area (Å²) in [4.78, 5) is 24.6. The van der Waals surface area contributed by atoms with Gasteiger partial charge in [0.1, 0.15) is 24.1 Å². The molecule has 0 aromatic heterocycles. The van der Waals surface area contributed by atoms with Gasteiger partial charge in [-0.2, -0.15) is 0 Å². The van der Waals surface area contributed by atoms with Gasteiger partial charge < -0.3 is 20.3 Å². The molecular formula is C28H25NO5. The highest BCUT2D eigenvalue weighted by Gasteiger charge is 2.22. The second-order valence-corrected chi connectivity index (χ2v) is 8.18. The quantitative estimate of drug-likeness (QED) is 0.353. The summed E-state index contributed by atoms with van der Waals surface area (Å²) in [6.45, 7) is 2.25. The lowest BCUT2D eigenvalue weighted by molar-refractivity contribution is -0.139. The van der Waals surface area contributed by atoms with Crippen molar-refractivity contribution in [3.8, 4) is 11.5 Å². The summed E-state index contributed by atoms with van der Waals surface area (Å²) in [7, 11) is 0. The molecule has 0 fully saturated rings. The van der Waals surface area contributed by atoms with Gasteiger partial charge in [0.05, 0.1) is 0 Å². The van der Waals surface area contributed by atoms with Crippen LogP contribution >= 0.6 is 0 Å². The number of fused-ring (bicyclic) bond motifs is 1. The fraction of sp³-hybridized carbons (Fsp3) is 0.143. The highest BCUT2D eigenvalue weighted by atomic mass is 16.5. The molecule has 0 aliphatic rings. The zero-order valence-electron chi connectivity index (χ0n) is 18.7. The zero-order valence-corrected chi connectivity index (χ0v) is 18.7. The van der Waals surface area contributed by atoms with Crippen LogP contribution in [-0.4, -0.2) is 28.1 Å². The Kier molecular flexibility index (Phi) is 6.78. The number of carboxylic acid groups (broad SMARTS) is 1. The lowest BCUT2D eigenvalue weighted by atomic mass is 10.00. The van der Waals surface area contributed by atoms with Gasteiger partial charge in [-0.3, -0.25) is 4.79 Å². The fourth-order valence-corrected chi connectivity index (χ4v) is 3.77. The molecule has 3 N–H and O–H groups in total. The molecule has 0 heterocycles. The third-order valence-corrected chi connectivity index (χ3v) is 5.68. The molecule has 4 aromatic carbocycles. The lowest BCUT2D eigenvalue weighted by Crippen LogP contribution is -2.42. The van der Waals surface area contributed by atoms with Crippen LogP contribution in [0, 0.1) is 6.92 Å². The number of aliphatic carboxylic acids is 1. The number of carboxylic acids is 1. The van der Waals surface area contributed by atoms with E-state index in [0.717, 1.165) is 33.2 Å². The smallest absolute Gasteiger partial charge is 0.326 e. The molecule has 0 radical (unpaired) electrons. The maximum Gasteiger partial charge on any atom is 0.326 e. The molecular weight excluding hydrogens is 430 g/mol. The predicted molar refractivity (Wildman–Crippen MR) is 130 cm³/mol. The number of nitrogens with one attached hydrogen (secondary N) is 1. The maximum absolute atomic E-state index is 12.8. The fourth-order valence-electron chi connectivity index (χ4n) is 3.77. The van der Waals surface area contributed by atoms with E-state index >= 15 is 0 Å². The second kappa shape index (κ2) is 10.1. The van der Waals surface area contributed by atoms with Crippen LogP contribution in [0.4, 0.5) is 0 Å². The van der Waals surface area contributed by atoms with E-state index in [9.17, 15) is 19.8 Å². The Balaban J connectivity index is 1.46. The Hall–Kier alpha value is -4.32. The van der Waals surface area contributed by atoms with Crippen LogP contribution in [0.15, 0.2) is 84.9 Å². The molecule has 4 aromatic rings. The number of hydrogen-bond donors (Lipinski definition) is 3. The summed E-state index contributed by atoms with van der Waals surface area (Å²) in [6, 6.07) is 24.4. The molecule has 6 nitrogen and oxygen atoms in total. The van der Waals surface area contributed by atoms with Gasteiger partial charge in [-0.1, -0.05) is 48.5 Å². The molecule has 1 atom stereocenters. The monoisotopic (exact) mass is 455 g/mol. The zero-order chi connectivity index (χ0) is 24.1. The molecule has 0 aliphatic carbocycles. The molecule has 0 bridgehead atoms. The molecule has 4 rings (SSSR count). The van der Waals surface area contributed by atoms with Crippen molar-refractivity contribution in [2.24, 2.45) is 0 Å². The number of aromatic hydroxyl groups is 1. The number of amides is 1. The average molecular weight is 456 g/mol. The number of carbonyl (C=O) groups excluding carboxylic acids is 1. The van der Waals surface area contributed by atoms with Gasteiger partial charge in [0.25, 0.3) is 5.91 Å². The van der Waals surface area contributed by atoms with Crippen LogP contribution in [0.2, 0.25) is 0 Å². The second-order valence-electron chi connectivity index (χ2n) is 8.18. The first-order chi connectivity index (χ1) is 16.4. The van der Waals surface area contributed by atoms with Gasteiger partial charge in [0, 0.05) is 12.0 Å². The highest BCUT2D eigenvalue weighted by Crippen LogP contribution is 2.23. The van der Waals surface area contributed by atoms with Crippen LogP contribution in [0.5, 0.6) is 11.5 Å². The number of carbonyl (C=O) groups is 2. The number of ether oxygens (including phenoxy) is 1. The van der Waals surface area contributed by atoms with Crippen LogP contribution in [0.1, 0.15) is 27.0 Å². The van der Waals surface area contributed by atoms with Gasteiger partial charge >= 0.3 is 5.97 Å². The summed E-state index contributed by atoms with van der Waals surface area (Å²) in [6.07, 6.45) is 0.114. The molecule has 6 heteroatoms. The minimum atomic E-state index is -1.12. The number of hydrogen-bond acceptors (Lipinski definition) is 4. The van der Waals surface area contributed by atoms with E-state index in [4.69, 9.17) is 4.74 Å². The van der Waals surface area contributed by atoms with Gasteiger partial charge in [0.15, 0.2) is 0 Å². The topological polar surface area (TPSA) is 95.9 Å². The summed E-state index contributed by atoms with van der Waals surface area (Å²) < 4.78 is 5.87. The summed E-state index contributed by atoms with van der Waals surface area (Å²) in [5, 5.41) is 23.6. The van der Waals surface area contributed by atoms with Crippen molar-refractivity contribution in [2.45, 2.75) is 26.0 Å². The SMILES string of the molecule is Cc1cc(O)ccc1C[C@H](NC(=O)c1ccc2cc(OCc3ccccc3)ccc2c1)C(=O)O. The van der Waals surface area contributed by atoms with Crippen molar-refractivity contribution < 1.29 is 24.5 Å². The first kappa shape index (κ1) is 22.9. The van der Waals surface area contributed by atoms with Crippen molar-refractivity contribution in [2.75, 3.05) is 0 Å². The molecule has 34 heavy (non-hydrogen) atoms. The van der Waals surface area contributed by atoms with E-state index in [1.807, 2.05) is 54.6 Å². The highest BCUT2D eigenvalue weighted by molar-refractivity contribution is 6.00. The van der Waals surface area contributed by atoms with Crippen LogP contribution in [0.3, 0.4) is 0 Å². The summed E-state index contributed by atoms with van der Waals surface area (Å²) >= 11 is 0. The molecule has 0 saturated heterocycles. The van der Waals surface area contributed by atoms with Gasteiger partial charge in [-0.05, 0) is 70.8 Å². The summed E-state index contributed by atoms with van der Waals surface area (Å²) in [5.74, 6) is -0.748. The Labute approximate surface area is 197 Å². The Morgan fingerprint density at radius 3 is 2.38 bits per heavy atom. The lowest BCUT2D eigenvalue weighted by Gasteiger charge is -2.16. The van der Waals surface area contributed by atoms with Gasteiger partial charge in [-0.25, -0.2) is 4.79 Å². The van der Waals surface area contributed by atoms with E-state index in [2.05, 4.69) is 5.32 Å². The van der Waals surface area contributed by atoms with Crippen molar-refractivity contribution >= 4 is 22.6 Å².